The SMILES string of the molecule is c1ccc(-c2ccc(-c3nc(-n4c5cccc6c7cccc8c9ccc%10c%11ccccc%11oc%10c9n(c9cccc4c9c65)c78)nc4c3ccc3ccccc34)cc2)cc1. The lowest BCUT2D eigenvalue weighted by Gasteiger charge is -2.14. The van der Waals surface area contributed by atoms with Gasteiger partial charge in [0.25, 0.3) is 0 Å². The van der Waals surface area contributed by atoms with E-state index in [1.165, 1.54) is 43.6 Å². The first-order chi connectivity index (χ1) is 29.3. The van der Waals surface area contributed by atoms with Crippen molar-refractivity contribution in [2.24, 2.45) is 0 Å². The minimum atomic E-state index is 0.640. The topological polar surface area (TPSA) is 48.3 Å². The van der Waals surface area contributed by atoms with Gasteiger partial charge in [-0.25, -0.2) is 9.97 Å². The summed E-state index contributed by atoms with van der Waals surface area (Å²) in [6, 6.07) is 65.1. The Morgan fingerprint density at radius 1 is 0.373 bits per heavy atom. The van der Waals surface area contributed by atoms with E-state index in [1.54, 1.807) is 0 Å². The molecule has 0 unspecified atom stereocenters. The third-order valence-electron chi connectivity index (χ3n) is 12.7. The first-order valence-corrected chi connectivity index (χ1v) is 20.1. The molecular formula is C54H30N4O. The second-order valence-corrected chi connectivity index (χ2v) is 15.7. The van der Waals surface area contributed by atoms with Crippen LogP contribution >= 0.6 is 0 Å². The highest BCUT2D eigenvalue weighted by atomic mass is 16.3. The van der Waals surface area contributed by atoms with E-state index in [1.807, 2.05) is 6.07 Å². The quantitative estimate of drug-likeness (QED) is 0.169. The van der Waals surface area contributed by atoms with Crippen molar-refractivity contribution in [2.45, 2.75) is 0 Å². The Labute approximate surface area is 335 Å². The molecule has 5 aromatic heterocycles. The van der Waals surface area contributed by atoms with Gasteiger partial charge in [-0.15, -0.1) is 0 Å². The number of nitrogens with zero attached hydrogens (tertiary/aromatic N) is 4. The summed E-state index contributed by atoms with van der Waals surface area (Å²) in [5.41, 5.74) is 12.5. The van der Waals surface area contributed by atoms with Crippen LogP contribution in [0.3, 0.4) is 0 Å². The molecule has 0 spiro atoms. The van der Waals surface area contributed by atoms with Crippen LogP contribution in [-0.2, 0) is 0 Å². The van der Waals surface area contributed by atoms with Crippen LogP contribution in [0, 0.1) is 0 Å². The summed E-state index contributed by atoms with van der Waals surface area (Å²) >= 11 is 0. The molecule has 5 heteroatoms. The van der Waals surface area contributed by atoms with Crippen LogP contribution in [0.5, 0.6) is 0 Å². The van der Waals surface area contributed by atoms with E-state index in [0.29, 0.717) is 5.95 Å². The van der Waals surface area contributed by atoms with Crippen molar-refractivity contribution in [3.63, 3.8) is 0 Å². The molecule has 14 rings (SSSR count). The lowest BCUT2D eigenvalue weighted by atomic mass is 9.99. The Morgan fingerprint density at radius 3 is 1.86 bits per heavy atom. The van der Waals surface area contributed by atoms with Gasteiger partial charge in [-0.2, -0.15) is 0 Å². The zero-order valence-electron chi connectivity index (χ0n) is 31.5. The van der Waals surface area contributed by atoms with Crippen LogP contribution in [-0.4, -0.2) is 18.9 Å². The summed E-state index contributed by atoms with van der Waals surface area (Å²) in [6.45, 7) is 0. The van der Waals surface area contributed by atoms with Gasteiger partial charge in [0.15, 0.2) is 5.58 Å². The average molecular weight is 751 g/mol. The monoisotopic (exact) mass is 750 g/mol. The van der Waals surface area contributed by atoms with Crippen LogP contribution in [0.4, 0.5) is 0 Å². The van der Waals surface area contributed by atoms with Crippen molar-refractivity contribution in [3.05, 3.63) is 182 Å². The molecule has 0 saturated heterocycles. The van der Waals surface area contributed by atoms with Gasteiger partial charge in [0.05, 0.1) is 38.8 Å². The molecule has 0 bridgehead atoms. The summed E-state index contributed by atoms with van der Waals surface area (Å²) in [7, 11) is 0. The predicted molar refractivity (Wildman–Crippen MR) is 244 cm³/mol. The van der Waals surface area contributed by atoms with Crippen LogP contribution < -0.4 is 0 Å². The van der Waals surface area contributed by atoms with Gasteiger partial charge in [0.2, 0.25) is 5.95 Å². The Balaban J connectivity index is 1.14. The fraction of sp³-hybridized carbons (Fsp3) is 0. The maximum absolute atomic E-state index is 6.78. The number of furan rings is 1. The van der Waals surface area contributed by atoms with Gasteiger partial charge < -0.3 is 8.82 Å². The van der Waals surface area contributed by atoms with E-state index in [-0.39, 0.29) is 0 Å². The van der Waals surface area contributed by atoms with E-state index in [4.69, 9.17) is 14.4 Å². The van der Waals surface area contributed by atoms with E-state index in [0.717, 1.165) is 82.3 Å². The zero-order chi connectivity index (χ0) is 38.3. The molecule has 5 heterocycles. The van der Waals surface area contributed by atoms with Crippen LogP contribution in [0.1, 0.15) is 0 Å². The number of rotatable bonds is 3. The van der Waals surface area contributed by atoms with Crippen molar-refractivity contribution >= 4 is 104 Å². The molecule has 0 aliphatic carbocycles. The maximum atomic E-state index is 6.78. The molecule has 0 atom stereocenters. The van der Waals surface area contributed by atoms with Crippen molar-refractivity contribution in [3.8, 4) is 28.3 Å². The third-order valence-corrected chi connectivity index (χ3v) is 12.7. The molecule has 9 aromatic carbocycles. The largest absolute Gasteiger partial charge is 0.454 e. The van der Waals surface area contributed by atoms with Gasteiger partial charge in [-0.05, 0) is 58.3 Å². The average Bonchev–Trinajstić information content (AvgIpc) is 3.94. The molecule has 272 valence electrons. The number of hydrogen-bond acceptors (Lipinski definition) is 3. The second kappa shape index (κ2) is 11.3. The molecule has 5 nitrogen and oxygen atoms in total. The van der Waals surface area contributed by atoms with Crippen molar-refractivity contribution in [1.82, 2.24) is 18.9 Å². The molecule has 14 aromatic rings. The number of para-hydroxylation sites is 2. The number of benzene rings is 9. The third kappa shape index (κ3) is 4.08. The molecule has 0 radical (unpaired) electrons. The smallest absolute Gasteiger partial charge is 0.235 e. The molecule has 0 fully saturated rings. The van der Waals surface area contributed by atoms with E-state index in [2.05, 4.69) is 185 Å². The minimum Gasteiger partial charge on any atom is -0.454 e. The number of hydrogen-bond donors (Lipinski definition) is 0. The minimum absolute atomic E-state index is 0.640. The van der Waals surface area contributed by atoms with Gasteiger partial charge in [-0.3, -0.25) is 4.57 Å². The van der Waals surface area contributed by atoms with Crippen LogP contribution in [0.15, 0.2) is 186 Å². The lowest BCUT2D eigenvalue weighted by Crippen LogP contribution is -2.04. The van der Waals surface area contributed by atoms with E-state index >= 15 is 0 Å². The Kier molecular flexibility index (Phi) is 5.96. The molecule has 0 N–H and O–H groups in total. The maximum Gasteiger partial charge on any atom is 0.235 e. The highest BCUT2D eigenvalue weighted by Gasteiger charge is 2.25. The molecule has 0 aliphatic rings. The fourth-order valence-corrected chi connectivity index (χ4v) is 10.1. The Hall–Kier alpha value is -8.02. The molecule has 0 saturated carbocycles. The summed E-state index contributed by atoms with van der Waals surface area (Å²) in [4.78, 5) is 11.1. The molecule has 0 amide bonds. The van der Waals surface area contributed by atoms with Gasteiger partial charge in [0.1, 0.15) is 5.58 Å². The predicted octanol–water partition coefficient (Wildman–Crippen LogP) is 14.3. The highest BCUT2D eigenvalue weighted by molar-refractivity contribution is 6.33. The summed E-state index contributed by atoms with van der Waals surface area (Å²) in [5.74, 6) is 0.640. The first-order valence-electron chi connectivity index (χ1n) is 20.1. The highest BCUT2D eigenvalue weighted by Crippen LogP contribution is 2.46. The molecular weight excluding hydrogens is 721 g/mol. The Morgan fingerprint density at radius 2 is 0.983 bits per heavy atom. The molecule has 0 aliphatic heterocycles. The van der Waals surface area contributed by atoms with Crippen molar-refractivity contribution in [1.29, 1.82) is 0 Å². The standard InChI is InChI=1S/C54H30N4O/c1-2-11-31(12-3-1)32-23-25-34(26-24-32)49-42-28-27-33-13-4-5-14-35(33)50(42)56-54(55-49)57-43-19-9-16-37-38-17-8-18-39-40-29-30-41-36-15-6-7-22-46(36)59-53(41)52(40)58(51(38)39)45-21-10-20-44(57)48(45)47(37)43/h1-30H. The van der Waals surface area contributed by atoms with Gasteiger partial charge in [0, 0.05) is 54.0 Å². The van der Waals surface area contributed by atoms with Gasteiger partial charge >= 0.3 is 0 Å². The summed E-state index contributed by atoms with van der Waals surface area (Å²) < 4.78 is 11.5. The van der Waals surface area contributed by atoms with E-state index < -0.39 is 0 Å². The van der Waals surface area contributed by atoms with Crippen LogP contribution in [0.25, 0.3) is 132 Å². The lowest BCUT2D eigenvalue weighted by molar-refractivity contribution is 0.671. The summed E-state index contributed by atoms with van der Waals surface area (Å²) in [6.07, 6.45) is 0. The Bertz CT molecular complexity index is 4060. The second-order valence-electron chi connectivity index (χ2n) is 15.7. The van der Waals surface area contributed by atoms with Crippen molar-refractivity contribution < 1.29 is 4.42 Å². The number of aromatic nitrogens is 4. The zero-order valence-corrected chi connectivity index (χ0v) is 31.5. The van der Waals surface area contributed by atoms with Crippen LogP contribution in [0.2, 0.25) is 0 Å². The molecule has 59 heavy (non-hydrogen) atoms. The number of fused-ring (bicyclic) bond motifs is 12. The first kappa shape index (κ1) is 31.1. The van der Waals surface area contributed by atoms with Crippen molar-refractivity contribution in [2.75, 3.05) is 0 Å². The summed E-state index contributed by atoms with van der Waals surface area (Å²) in [5, 5.41) is 12.6. The fourth-order valence-electron chi connectivity index (χ4n) is 10.1. The normalized spacial score (nSPS) is 12.4. The van der Waals surface area contributed by atoms with E-state index in [9.17, 15) is 0 Å². The van der Waals surface area contributed by atoms with Gasteiger partial charge in [-0.1, -0.05) is 146 Å².